The van der Waals surface area contributed by atoms with E-state index in [4.69, 9.17) is 11.6 Å². The molecule has 1 atom stereocenters. The zero-order valence-electron chi connectivity index (χ0n) is 8.92. The van der Waals surface area contributed by atoms with Gasteiger partial charge in [0.2, 0.25) is 0 Å². The maximum absolute atomic E-state index is 5.80. The highest BCUT2D eigenvalue weighted by Crippen LogP contribution is 2.15. The summed E-state index contributed by atoms with van der Waals surface area (Å²) in [5.41, 5.74) is 0. The van der Waals surface area contributed by atoms with Crippen molar-refractivity contribution in [2.75, 3.05) is 5.32 Å². The van der Waals surface area contributed by atoms with Crippen molar-refractivity contribution < 1.29 is 0 Å². The van der Waals surface area contributed by atoms with Crippen molar-refractivity contribution in [2.45, 2.75) is 33.2 Å². The smallest absolute Gasteiger partial charge is 0.131 e. The van der Waals surface area contributed by atoms with Gasteiger partial charge in [0, 0.05) is 6.04 Å². The molecule has 0 saturated carbocycles. The second kappa shape index (κ2) is 5.20. The molecule has 0 bridgehead atoms. The van der Waals surface area contributed by atoms with Gasteiger partial charge in [-0.25, -0.2) is 4.98 Å². The van der Waals surface area contributed by atoms with Gasteiger partial charge in [0.05, 0.1) is 0 Å². The molecule has 14 heavy (non-hydrogen) atoms. The van der Waals surface area contributed by atoms with Crippen LogP contribution < -0.4 is 5.32 Å². The zero-order valence-corrected chi connectivity index (χ0v) is 9.67. The molecule has 1 heterocycles. The van der Waals surface area contributed by atoms with E-state index in [1.165, 1.54) is 0 Å². The molecule has 0 aromatic carbocycles. The summed E-state index contributed by atoms with van der Waals surface area (Å²) in [5.74, 6) is 1.46. The average molecular weight is 213 g/mol. The van der Waals surface area contributed by atoms with Crippen molar-refractivity contribution in [1.29, 1.82) is 0 Å². The van der Waals surface area contributed by atoms with Gasteiger partial charge in [0.1, 0.15) is 11.0 Å². The maximum Gasteiger partial charge on any atom is 0.131 e. The largest absolute Gasteiger partial charge is 0.367 e. The third-order valence-electron chi connectivity index (χ3n) is 2.29. The number of hydrogen-bond acceptors (Lipinski definition) is 2. The lowest BCUT2D eigenvalue weighted by Gasteiger charge is -2.21. The van der Waals surface area contributed by atoms with Gasteiger partial charge >= 0.3 is 0 Å². The highest BCUT2D eigenvalue weighted by atomic mass is 35.5. The van der Waals surface area contributed by atoms with E-state index < -0.39 is 0 Å². The number of rotatable bonds is 4. The molecule has 78 valence electrons. The Hall–Kier alpha value is -0.760. The Labute approximate surface area is 90.7 Å². The van der Waals surface area contributed by atoms with Gasteiger partial charge in [-0.15, -0.1) is 0 Å². The van der Waals surface area contributed by atoms with E-state index in [2.05, 4.69) is 31.1 Å². The summed E-state index contributed by atoms with van der Waals surface area (Å²) in [6, 6.07) is 6.09. The lowest BCUT2D eigenvalue weighted by atomic mass is 10.0. The summed E-state index contributed by atoms with van der Waals surface area (Å²) in [6.45, 7) is 6.57. The van der Waals surface area contributed by atoms with Gasteiger partial charge in [-0.3, -0.25) is 0 Å². The molecule has 1 aromatic rings. The molecule has 2 nitrogen and oxygen atoms in total. The lowest BCUT2D eigenvalue weighted by molar-refractivity contribution is 0.510. The van der Waals surface area contributed by atoms with Crippen LogP contribution in [-0.4, -0.2) is 11.0 Å². The highest BCUT2D eigenvalue weighted by molar-refractivity contribution is 6.29. The molecule has 0 radical (unpaired) electrons. The van der Waals surface area contributed by atoms with E-state index >= 15 is 0 Å². The van der Waals surface area contributed by atoms with Crippen molar-refractivity contribution in [3.8, 4) is 0 Å². The third kappa shape index (κ3) is 3.18. The van der Waals surface area contributed by atoms with Crippen molar-refractivity contribution in [2.24, 2.45) is 5.92 Å². The van der Waals surface area contributed by atoms with Crippen LogP contribution in [0.25, 0.3) is 0 Å². The molecule has 1 rings (SSSR count). The quantitative estimate of drug-likeness (QED) is 0.772. The number of halogens is 1. The Morgan fingerprint density at radius 2 is 2.14 bits per heavy atom. The van der Waals surface area contributed by atoms with Crippen LogP contribution in [0.1, 0.15) is 27.2 Å². The summed E-state index contributed by atoms with van der Waals surface area (Å²) in [4.78, 5) is 4.20. The lowest BCUT2D eigenvalue weighted by Crippen LogP contribution is -2.25. The SMILES string of the molecule is CCC(Nc1cccc(Cl)n1)C(C)C. The number of aromatic nitrogens is 1. The fourth-order valence-electron chi connectivity index (χ4n) is 1.42. The zero-order chi connectivity index (χ0) is 10.6. The minimum absolute atomic E-state index is 0.459. The maximum atomic E-state index is 5.80. The molecule has 0 saturated heterocycles. The summed E-state index contributed by atoms with van der Waals surface area (Å²) in [6.07, 6.45) is 1.09. The van der Waals surface area contributed by atoms with E-state index in [0.29, 0.717) is 17.1 Å². The Bertz CT molecular complexity index is 286. The number of hydrogen-bond donors (Lipinski definition) is 1. The van der Waals surface area contributed by atoms with E-state index in [-0.39, 0.29) is 0 Å². The Kier molecular flexibility index (Phi) is 4.21. The van der Waals surface area contributed by atoms with E-state index in [1.54, 1.807) is 6.07 Å². The molecule has 0 aliphatic carbocycles. The molecule has 0 spiro atoms. The van der Waals surface area contributed by atoms with Crippen LogP contribution in [0.4, 0.5) is 5.82 Å². The van der Waals surface area contributed by atoms with Crippen LogP contribution in [0, 0.1) is 5.92 Å². The van der Waals surface area contributed by atoms with Gasteiger partial charge in [-0.1, -0.05) is 38.4 Å². The van der Waals surface area contributed by atoms with Crippen molar-refractivity contribution >= 4 is 17.4 Å². The van der Waals surface area contributed by atoms with Crippen molar-refractivity contribution in [3.05, 3.63) is 23.4 Å². The normalized spacial score (nSPS) is 12.9. The van der Waals surface area contributed by atoms with Crippen LogP contribution >= 0.6 is 11.6 Å². The topological polar surface area (TPSA) is 24.9 Å². The Morgan fingerprint density at radius 3 is 2.64 bits per heavy atom. The molecule has 0 fully saturated rings. The second-order valence-corrected chi connectivity index (χ2v) is 4.14. The third-order valence-corrected chi connectivity index (χ3v) is 2.50. The molecule has 3 heteroatoms. The number of pyridine rings is 1. The number of anilines is 1. The fraction of sp³-hybridized carbons (Fsp3) is 0.545. The molecule has 1 N–H and O–H groups in total. The van der Waals surface area contributed by atoms with Crippen molar-refractivity contribution in [1.82, 2.24) is 4.98 Å². The van der Waals surface area contributed by atoms with Crippen LogP contribution in [0.15, 0.2) is 18.2 Å². The molecule has 0 amide bonds. The molecule has 0 aliphatic heterocycles. The minimum Gasteiger partial charge on any atom is -0.367 e. The monoisotopic (exact) mass is 212 g/mol. The first-order valence-electron chi connectivity index (χ1n) is 5.02. The molecule has 1 aromatic heterocycles. The number of nitrogens with one attached hydrogen (secondary N) is 1. The van der Waals surface area contributed by atoms with Crippen LogP contribution in [-0.2, 0) is 0 Å². The molecular weight excluding hydrogens is 196 g/mol. The van der Waals surface area contributed by atoms with E-state index in [0.717, 1.165) is 12.2 Å². The minimum atomic E-state index is 0.459. The summed E-state index contributed by atoms with van der Waals surface area (Å²) in [7, 11) is 0. The molecular formula is C11H17ClN2. The summed E-state index contributed by atoms with van der Waals surface area (Å²) in [5, 5.41) is 3.91. The van der Waals surface area contributed by atoms with Gasteiger partial charge in [-0.2, -0.15) is 0 Å². The Morgan fingerprint density at radius 1 is 1.43 bits per heavy atom. The van der Waals surface area contributed by atoms with E-state index in [9.17, 15) is 0 Å². The van der Waals surface area contributed by atoms with Crippen molar-refractivity contribution in [3.63, 3.8) is 0 Å². The standard InChI is InChI=1S/C11H17ClN2/c1-4-9(8(2)3)13-11-7-5-6-10(12)14-11/h5-9H,4H2,1-3H3,(H,13,14). The fourth-order valence-corrected chi connectivity index (χ4v) is 1.58. The first-order valence-corrected chi connectivity index (χ1v) is 5.40. The van der Waals surface area contributed by atoms with Gasteiger partial charge < -0.3 is 5.32 Å². The number of nitrogens with zero attached hydrogens (tertiary/aromatic N) is 1. The molecule has 1 unspecified atom stereocenters. The first kappa shape index (κ1) is 11.3. The molecule has 0 aliphatic rings. The second-order valence-electron chi connectivity index (χ2n) is 3.75. The summed E-state index contributed by atoms with van der Waals surface area (Å²) >= 11 is 5.80. The van der Waals surface area contributed by atoms with Gasteiger partial charge in [0.25, 0.3) is 0 Å². The Balaban J connectivity index is 2.67. The van der Waals surface area contributed by atoms with Gasteiger partial charge in [-0.05, 0) is 24.5 Å². The summed E-state index contributed by atoms with van der Waals surface area (Å²) < 4.78 is 0. The van der Waals surface area contributed by atoms with Crippen LogP contribution in [0.2, 0.25) is 5.15 Å². The average Bonchev–Trinajstić information content (AvgIpc) is 2.14. The predicted molar refractivity (Wildman–Crippen MR) is 61.8 cm³/mol. The first-order chi connectivity index (χ1) is 6.63. The van der Waals surface area contributed by atoms with Crippen LogP contribution in [0.3, 0.4) is 0 Å². The predicted octanol–water partition coefficient (Wildman–Crippen LogP) is 3.58. The highest BCUT2D eigenvalue weighted by Gasteiger charge is 2.10. The van der Waals surface area contributed by atoms with E-state index in [1.807, 2.05) is 12.1 Å². The van der Waals surface area contributed by atoms with Crippen LogP contribution in [0.5, 0.6) is 0 Å². The van der Waals surface area contributed by atoms with Gasteiger partial charge in [0.15, 0.2) is 0 Å².